The fourth-order valence-corrected chi connectivity index (χ4v) is 2.69. The maximum Gasteiger partial charge on any atom is 0.265 e. The molecule has 3 amide bonds. The van der Waals surface area contributed by atoms with Gasteiger partial charge in [0, 0.05) is 0 Å². The van der Waals surface area contributed by atoms with Gasteiger partial charge in [-0.2, -0.15) is 0 Å². The highest BCUT2D eigenvalue weighted by molar-refractivity contribution is 7.12. The Morgan fingerprint density at radius 1 is 1.04 bits per heavy atom. The molecule has 1 aromatic carbocycles. The normalized spacial score (nSPS) is 11.7. The van der Waals surface area contributed by atoms with Crippen LogP contribution in [0.1, 0.15) is 23.5 Å². The van der Waals surface area contributed by atoms with E-state index < -0.39 is 11.9 Å². The van der Waals surface area contributed by atoms with Crippen molar-refractivity contribution in [2.45, 2.75) is 19.9 Å². The van der Waals surface area contributed by atoms with E-state index in [2.05, 4.69) is 16.0 Å². The first-order chi connectivity index (χ1) is 12.4. The molecule has 0 unspecified atom stereocenters. The van der Waals surface area contributed by atoms with Crippen LogP contribution in [0.15, 0.2) is 41.8 Å². The van der Waals surface area contributed by atoms with E-state index in [1.54, 1.807) is 36.4 Å². The molecule has 7 nitrogen and oxygen atoms in total. The van der Waals surface area contributed by atoms with E-state index in [0.717, 1.165) is 0 Å². The van der Waals surface area contributed by atoms with Gasteiger partial charge in [0.25, 0.3) is 5.91 Å². The van der Waals surface area contributed by atoms with Crippen LogP contribution < -0.4 is 21.7 Å². The van der Waals surface area contributed by atoms with Gasteiger partial charge in [-0.05, 0) is 29.5 Å². The Bertz CT molecular complexity index is 775. The number of benzene rings is 1. The lowest BCUT2D eigenvalue weighted by Crippen LogP contribution is -2.46. The third kappa shape index (κ3) is 5.40. The molecule has 0 fully saturated rings. The van der Waals surface area contributed by atoms with Gasteiger partial charge in [0.05, 0.1) is 28.8 Å². The van der Waals surface area contributed by atoms with Crippen molar-refractivity contribution in [3.63, 3.8) is 0 Å². The summed E-state index contributed by atoms with van der Waals surface area (Å²) in [4.78, 5) is 36.7. The zero-order valence-electron chi connectivity index (χ0n) is 14.6. The Balaban J connectivity index is 1.96. The number of rotatable bonds is 7. The molecule has 5 N–H and O–H groups in total. The zero-order chi connectivity index (χ0) is 19.1. The fraction of sp³-hybridized carbons (Fsp3) is 0.278. The lowest BCUT2D eigenvalue weighted by atomic mass is 10.1. The summed E-state index contributed by atoms with van der Waals surface area (Å²) in [6.45, 7) is 3.46. The first-order valence-electron chi connectivity index (χ1n) is 8.15. The van der Waals surface area contributed by atoms with E-state index in [1.165, 1.54) is 11.3 Å². The van der Waals surface area contributed by atoms with E-state index in [4.69, 9.17) is 5.73 Å². The Morgan fingerprint density at radius 2 is 1.69 bits per heavy atom. The summed E-state index contributed by atoms with van der Waals surface area (Å²) in [5.41, 5.74) is 6.66. The SMILES string of the molecule is CC(C)[C@H](N)C(=O)NCC(=O)Nc1ccccc1NC(=O)c1cccs1. The molecule has 0 bridgehead atoms. The molecule has 2 rings (SSSR count). The minimum Gasteiger partial charge on any atom is -0.346 e. The van der Waals surface area contributed by atoms with Crippen LogP contribution in [0.5, 0.6) is 0 Å². The molecular formula is C18H22N4O3S. The zero-order valence-corrected chi connectivity index (χ0v) is 15.4. The molecule has 138 valence electrons. The van der Waals surface area contributed by atoms with Gasteiger partial charge >= 0.3 is 0 Å². The van der Waals surface area contributed by atoms with Gasteiger partial charge in [0.15, 0.2) is 0 Å². The Hall–Kier alpha value is -2.71. The number of nitrogens with one attached hydrogen (secondary N) is 3. The van der Waals surface area contributed by atoms with Crippen LogP contribution in [0.2, 0.25) is 0 Å². The van der Waals surface area contributed by atoms with Crippen molar-refractivity contribution in [1.82, 2.24) is 5.32 Å². The highest BCUT2D eigenvalue weighted by atomic mass is 32.1. The second kappa shape index (κ2) is 9.12. The molecule has 0 spiro atoms. The van der Waals surface area contributed by atoms with E-state index in [9.17, 15) is 14.4 Å². The summed E-state index contributed by atoms with van der Waals surface area (Å²) < 4.78 is 0. The number of hydrogen-bond donors (Lipinski definition) is 4. The fourth-order valence-electron chi connectivity index (χ4n) is 2.08. The minimum absolute atomic E-state index is 0.0220. The van der Waals surface area contributed by atoms with E-state index in [0.29, 0.717) is 16.3 Å². The Labute approximate surface area is 156 Å². The summed E-state index contributed by atoms with van der Waals surface area (Å²) in [5.74, 6) is -1.06. The molecule has 26 heavy (non-hydrogen) atoms. The van der Waals surface area contributed by atoms with Crippen LogP contribution in [0, 0.1) is 5.92 Å². The largest absolute Gasteiger partial charge is 0.346 e. The van der Waals surface area contributed by atoms with Crippen LogP contribution in [0.4, 0.5) is 11.4 Å². The molecule has 0 saturated carbocycles. The number of carbonyl (C=O) groups is 3. The number of thiophene rings is 1. The molecule has 1 atom stereocenters. The topological polar surface area (TPSA) is 113 Å². The third-order valence-electron chi connectivity index (χ3n) is 3.64. The third-order valence-corrected chi connectivity index (χ3v) is 4.51. The van der Waals surface area contributed by atoms with Crippen LogP contribution in [-0.2, 0) is 9.59 Å². The number of para-hydroxylation sites is 2. The van der Waals surface area contributed by atoms with Gasteiger partial charge in [-0.1, -0.05) is 32.0 Å². The molecule has 0 saturated heterocycles. The summed E-state index contributed by atoms with van der Waals surface area (Å²) >= 11 is 1.33. The number of nitrogens with two attached hydrogens (primary N) is 1. The van der Waals surface area contributed by atoms with Gasteiger partial charge < -0.3 is 21.7 Å². The van der Waals surface area contributed by atoms with Crippen molar-refractivity contribution >= 4 is 40.4 Å². The van der Waals surface area contributed by atoms with Crippen molar-refractivity contribution < 1.29 is 14.4 Å². The summed E-state index contributed by atoms with van der Waals surface area (Å²) in [6.07, 6.45) is 0. The van der Waals surface area contributed by atoms with Gasteiger partial charge in [-0.15, -0.1) is 11.3 Å². The Kier molecular flexibility index (Phi) is 6.88. The molecule has 0 aliphatic carbocycles. The average Bonchev–Trinajstić information content (AvgIpc) is 3.15. The molecule has 1 aromatic heterocycles. The standard InChI is InChI=1S/C18H22N4O3S/c1-11(2)16(19)18(25)20-10-15(23)21-12-6-3-4-7-13(12)22-17(24)14-8-5-9-26-14/h3-9,11,16H,10,19H2,1-2H3,(H,20,25)(H,21,23)(H,22,24)/t16-/m0/s1. The molecule has 8 heteroatoms. The lowest BCUT2D eigenvalue weighted by Gasteiger charge is -2.16. The molecule has 0 aliphatic rings. The highest BCUT2D eigenvalue weighted by Gasteiger charge is 2.18. The van der Waals surface area contributed by atoms with Gasteiger partial charge in [-0.3, -0.25) is 14.4 Å². The van der Waals surface area contributed by atoms with Gasteiger partial charge in [0.2, 0.25) is 11.8 Å². The average molecular weight is 374 g/mol. The molecular weight excluding hydrogens is 352 g/mol. The number of carbonyl (C=O) groups excluding carboxylic acids is 3. The van der Waals surface area contributed by atoms with E-state index in [1.807, 2.05) is 19.2 Å². The quantitative estimate of drug-likeness (QED) is 0.594. The second-order valence-corrected chi connectivity index (χ2v) is 6.96. The Morgan fingerprint density at radius 3 is 2.27 bits per heavy atom. The van der Waals surface area contributed by atoms with Crippen LogP contribution in [0.3, 0.4) is 0 Å². The van der Waals surface area contributed by atoms with Crippen LogP contribution in [-0.4, -0.2) is 30.3 Å². The van der Waals surface area contributed by atoms with Crippen molar-refractivity contribution in [3.8, 4) is 0 Å². The predicted octanol–water partition coefficient (Wildman–Crippen LogP) is 2.04. The lowest BCUT2D eigenvalue weighted by molar-refractivity contribution is -0.125. The molecule has 0 radical (unpaired) electrons. The molecule has 0 aliphatic heterocycles. The minimum atomic E-state index is -0.667. The number of anilines is 2. The van der Waals surface area contributed by atoms with Crippen molar-refractivity contribution in [2.24, 2.45) is 11.7 Å². The molecule has 2 aromatic rings. The van der Waals surface area contributed by atoms with Crippen LogP contribution in [0.25, 0.3) is 0 Å². The van der Waals surface area contributed by atoms with Crippen molar-refractivity contribution in [1.29, 1.82) is 0 Å². The summed E-state index contributed by atoms with van der Waals surface area (Å²) in [7, 11) is 0. The van der Waals surface area contributed by atoms with Crippen molar-refractivity contribution in [2.75, 3.05) is 17.2 Å². The number of hydrogen-bond acceptors (Lipinski definition) is 5. The maximum atomic E-state index is 12.2. The van der Waals surface area contributed by atoms with E-state index in [-0.39, 0.29) is 24.3 Å². The van der Waals surface area contributed by atoms with Gasteiger partial charge in [-0.25, -0.2) is 0 Å². The highest BCUT2D eigenvalue weighted by Crippen LogP contribution is 2.22. The maximum absolute atomic E-state index is 12.2. The number of amides is 3. The van der Waals surface area contributed by atoms with Crippen molar-refractivity contribution in [3.05, 3.63) is 46.7 Å². The first-order valence-corrected chi connectivity index (χ1v) is 9.03. The monoisotopic (exact) mass is 374 g/mol. The summed E-state index contributed by atoms with van der Waals surface area (Å²) in [5, 5.41) is 9.76. The predicted molar refractivity (Wildman–Crippen MR) is 103 cm³/mol. The molecule has 1 heterocycles. The smallest absolute Gasteiger partial charge is 0.265 e. The van der Waals surface area contributed by atoms with E-state index >= 15 is 0 Å². The summed E-state index contributed by atoms with van der Waals surface area (Å²) in [6, 6.07) is 9.69. The van der Waals surface area contributed by atoms with Gasteiger partial charge in [0.1, 0.15) is 0 Å². The first kappa shape index (κ1) is 19.6. The van der Waals surface area contributed by atoms with Crippen LogP contribution >= 0.6 is 11.3 Å². The second-order valence-electron chi connectivity index (χ2n) is 6.01.